The normalized spacial score (nSPS) is 22.4. The number of ether oxygens (including phenoxy) is 1. The van der Waals surface area contributed by atoms with Gasteiger partial charge < -0.3 is 20.3 Å². The van der Waals surface area contributed by atoms with E-state index >= 15 is 0 Å². The van der Waals surface area contributed by atoms with E-state index < -0.39 is 0 Å². The molecule has 5 nitrogen and oxygen atoms in total. The minimum absolute atomic E-state index is 0. The molecule has 29 heavy (non-hydrogen) atoms. The smallest absolute Gasteiger partial charge is 0.193 e. The summed E-state index contributed by atoms with van der Waals surface area (Å²) in [7, 11) is 1.90. The monoisotopic (exact) mass is 514 g/mol. The summed E-state index contributed by atoms with van der Waals surface area (Å²) >= 11 is 0. The van der Waals surface area contributed by atoms with Gasteiger partial charge in [0.05, 0.1) is 6.61 Å². The molecule has 1 aliphatic carbocycles. The van der Waals surface area contributed by atoms with Crippen molar-refractivity contribution >= 4 is 29.9 Å². The maximum Gasteiger partial charge on any atom is 0.193 e. The molecule has 1 aliphatic heterocycles. The number of guanidine groups is 1. The third-order valence-electron chi connectivity index (χ3n) is 6.32. The molecular formula is C23H39IN4O. The van der Waals surface area contributed by atoms with Crippen molar-refractivity contribution in [2.45, 2.75) is 57.5 Å². The first-order valence-corrected chi connectivity index (χ1v) is 11.0. The standard InChI is InChI=1S/C23H38N4O.HI/c1-4-28-17-20-12-15-27(16-20)22(24-3)25-18-23(13-8-9-14-23)26-19(2)21-10-6-5-7-11-21;/h5-7,10-11,19-20,26H,4,8-9,12-18H2,1-3H3,(H,24,25);1H. The zero-order valence-corrected chi connectivity index (χ0v) is 20.7. The summed E-state index contributed by atoms with van der Waals surface area (Å²) in [4.78, 5) is 6.97. The fourth-order valence-electron chi connectivity index (χ4n) is 4.73. The number of nitrogens with zero attached hydrogens (tertiary/aromatic N) is 2. The lowest BCUT2D eigenvalue weighted by Crippen LogP contribution is -2.54. The number of rotatable bonds is 8. The molecule has 2 fully saturated rings. The van der Waals surface area contributed by atoms with Gasteiger partial charge in [0, 0.05) is 50.8 Å². The molecule has 1 saturated heterocycles. The lowest BCUT2D eigenvalue weighted by molar-refractivity contribution is 0.114. The maximum absolute atomic E-state index is 5.63. The second-order valence-corrected chi connectivity index (χ2v) is 8.43. The van der Waals surface area contributed by atoms with Gasteiger partial charge >= 0.3 is 0 Å². The highest BCUT2D eigenvalue weighted by Gasteiger charge is 2.36. The van der Waals surface area contributed by atoms with Crippen molar-refractivity contribution in [3.8, 4) is 0 Å². The molecule has 1 aromatic rings. The minimum Gasteiger partial charge on any atom is -0.381 e. The summed E-state index contributed by atoms with van der Waals surface area (Å²) < 4.78 is 5.63. The highest BCUT2D eigenvalue weighted by Crippen LogP contribution is 2.32. The topological polar surface area (TPSA) is 48.9 Å². The van der Waals surface area contributed by atoms with Crippen LogP contribution in [0.4, 0.5) is 0 Å². The SMILES string of the molecule is CCOCC1CCN(C(=NC)NCC2(NC(C)c3ccccc3)CCCC2)C1.I. The molecule has 2 unspecified atom stereocenters. The molecule has 1 heterocycles. The number of aliphatic imine (C=N–C) groups is 1. The van der Waals surface area contributed by atoms with Crippen LogP contribution in [0.1, 0.15) is 57.6 Å². The van der Waals surface area contributed by atoms with Crippen LogP contribution in [-0.4, -0.2) is 56.3 Å². The summed E-state index contributed by atoms with van der Waals surface area (Å²) in [5.74, 6) is 1.66. The minimum atomic E-state index is 0. The van der Waals surface area contributed by atoms with E-state index in [0.29, 0.717) is 12.0 Å². The first-order valence-electron chi connectivity index (χ1n) is 11.0. The second-order valence-electron chi connectivity index (χ2n) is 8.43. The molecule has 6 heteroatoms. The van der Waals surface area contributed by atoms with E-state index in [1.807, 2.05) is 7.05 Å². The van der Waals surface area contributed by atoms with Crippen molar-refractivity contribution in [2.24, 2.45) is 10.9 Å². The average Bonchev–Trinajstić information content (AvgIpc) is 3.38. The Balaban J connectivity index is 0.00000300. The van der Waals surface area contributed by atoms with Gasteiger partial charge in [-0.25, -0.2) is 0 Å². The molecule has 2 atom stereocenters. The maximum atomic E-state index is 5.63. The van der Waals surface area contributed by atoms with Gasteiger partial charge in [-0.3, -0.25) is 4.99 Å². The van der Waals surface area contributed by atoms with Gasteiger partial charge in [0.25, 0.3) is 0 Å². The van der Waals surface area contributed by atoms with E-state index in [0.717, 1.165) is 38.8 Å². The highest BCUT2D eigenvalue weighted by atomic mass is 127. The lowest BCUT2D eigenvalue weighted by atomic mass is 9.94. The van der Waals surface area contributed by atoms with Crippen LogP contribution >= 0.6 is 24.0 Å². The van der Waals surface area contributed by atoms with Gasteiger partial charge in [-0.15, -0.1) is 24.0 Å². The van der Waals surface area contributed by atoms with E-state index in [1.165, 1.54) is 37.7 Å². The highest BCUT2D eigenvalue weighted by molar-refractivity contribution is 14.0. The quantitative estimate of drug-likeness (QED) is 0.310. The molecule has 2 N–H and O–H groups in total. The molecule has 0 spiro atoms. The zero-order chi connectivity index (χ0) is 19.8. The number of nitrogens with one attached hydrogen (secondary N) is 2. The number of hydrogen-bond acceptors (Lipinski definition) is 3. The molecule has 164 valence electrons. The fraction of sp³-hybridized carbons (Fsp3) is 0.696. The molecule has 1 saturated carbocycles. The Labute approximate surface area is 194 Å². The van der Waals surface area contributed by atoms with Crippen molar-refractivity contribution in [2.75, 3.05) is 39.9 Å². The van der Waals surface area contributed by atoms with E-state index in [1.54, 1.807) is 0 Å². The summed E-state index contributed by atoms with van der Waals surface area (Å²) in [5.41, 5.74) is 1.51. The predicted octanol–water partition coefficient (Wildman–Crippen LogP) is 4.20. The Morgan fingerprint density at radius 2 is 2.00 bits per heavy atom. The summed E-state index contributed by atoms with van der Waals surface area (Å²) in [6, 6.07) is 11.1. The molecular weight excluding hydrogens is 475 g/mol. The largest absolute Gasteiger partial charge is 0.381 e. The van der Waals surface area contributed by atoms with Gasteiger partial charge in [0.2, 0.25) is 0 Å². The second kappa shape index (κ2) is 12.1. The van der Waals surface area contributed by atoms with Crippen LogP contribution in [0.15, 0.2) is 35.3 Å². The molecule has 3 rings (SSSR count). The molecule has 1 aromatic carbocycles. The van der Waals surface area contributed by atoms with Crippen molar-refractivity contribution in [3.63, 3.8) is 0 Å². The van der Waals surface area contributed by atoms with Crippen molar-refractivity contribution in [1.29, 1.82) is 0 Å². The average molecular weight is 514 g/mol. The fourth-order valence-corrected chi connectivity index (χ4v) is 4.73. The molecule has 0 aromatic heterocycles. The molecule has 0 radical (unpaired) electrons. The molecule has 0 amide bonds. The third-order valence-corrected chi connectivity index (χ3v) is 6.32. The summed E-state index contributed by atoms with van der Waals surface area (Å²) in [5, 5.41) is 7.66. The van der Waals surface area contributed by atoms with E-state index in [2.05, 4.69) is 64.7 Å². The van der Waals surface area contributed by atoms with Crippen LogP contribution in [0.25, 0.3) is 0 Å². The van der Waals surface area contributed by atoms with Crippen LogP contribution in [0, 0.1) is 5.92 Å². The van der Waals surface area contributed by atoms with Gasteiger partial charge in [-0.2, -0.15) is 0 Å². The van der Waals surface area contributed by atoms with Gasteiger partial charge in [-0.05, 0) is 38.7 Å². The lowest BCUT2D eigenvalue weighted by Gasteiger charge is -2.35. The Hall–Kier alpha value is -0.860. The Morgan fingerprint density at radius 3 is 2.66 bits per heavy atom. The Morgan fingerprint density at radius 1 is 1.28 bits per heavy atom. The number of hydrogen-bond donors (Lipinski definition) is 2. The van der Waals surface area contributed by atoms with Gasteiger partial charge in [0.1, 0.15) is 0 Å². The van der Waals surface area contributed by atoms with Crippen molar-refractivity contribution < 1.29 is 4.74 Å². The zero-order valence-electron chi connectivity index (χ0n) is 18.3. The van der Waals surface area contributed by atoms with Crippen LogP contribution in [0.5, 0.6) is 0 Å². The van der Waals surface area contributed by atoms with Crippen LogP contribution in [0.2, 0.25) is 0 Å². The van der Waals surface area contributed by atoms with E-state index in [4.69, 9.17) is 4.74 Å². The first kappa shape index (κ1) is 24.4. The summed E-state index contributed by atoms with van der Waals surface area (Å²) in [6.07, 6.45) is 6.24. The van der Waals surface area contributed by atoms with Crippen LogP contribution in [-0.2, 0) is 4.74 Å². The van der Waals surface area contributed by atoms with E-state index in [-0.39, 0.29) is 29.5 Å². The van der Waals surface area contributed by atoms with Crippen LogP contribution in [0.3, 0.4) is 0 Å². The van der Waals surface area contributed by atoms with Gasteiger partial charge in [-0.1, -0.05) is 43.2 Å². The Bertz CT molecular complexity index is 619. The third kappa shape index (κ3) is 6.82. The first-order chi connectivity index (χ1) is 13.7. The Kier molecular flexibility index (Phi) is 10.2. The summed E-state index contributed by atoms with van der Waals surface area (Å²) in [6.45, 7) is 9.06. The predicted molar refractivity (Wildman–Crippen MR) is 132 cm³/mol. The van der Waals surface area contributed by atoms with Crippen molar-refractivity contribution in [1.82, 2.24) is 15.5 Å². The number of benzene rings is 1. The van der Waals surface area contributed by atoms with Gasteiger partial charge in [0.15, 0.2) is 5.96 Å². The number of likely N-dealkylation sites (tertiary alicyclic amines) is 1. The van der Waals surface area contributed by atoms with Crippen LogP contribution < -0.4 is 10.6 Å². The number of halogens is 1. The van der Waals surface area contributed by atoms with Crippen molar-refractivity contribution in [3.05, 3.63) is 35.9 Å². The molecule has 2 aliphatic rings. The molecule has 0 bridgehead atoms. The van der Waals surface area contributed by atoms with E-state index in [9.17, 15) is 0 Å².